The number of benzene rings is 2. The van der Waals surface area contributed by atoms with Crippen LogP contribution in [0.1, 0.15) is 5.56 Å². The van der Waals surface area contributed by atoms with Crippen molar-refractivity contribution in [2.24, 2.45) is 0 Å². The fourth-order valence-electron chi connectivity index (χ4n) is 3.69. The molecule has 10 heteroatoms. The number of aromatic nitrogens is 2. The quantitative estimate of drug-likeness (QED) is 0.303. The van der Waals surface area contributed by atoms with Gasteiger partial charge in [0.15, 0.2) is 0 Å². The van der Waals surface area contributed by atoms with Gasteiger partial charge in [0.05, 0.1) is 18.7 Å². The highest BCUT2D eigenvalue weighted by Crippen LogP contribution is 2.35. The largest absolute Gasteiger partial charge is 0.491 e. The molecule has 0 radical (unpaired) electrons. The van der Waals surface area contributed by atoms with Crippen molar-refractivity contribution < 1.29 is 19.1 Å². The van der Waals surface area contributed by atoms with Crippen LogP contribution in [-0.2, 0) is 20.7 Å². The van der Waals surface area contributed by atoms with Gasteiger partial charge in [-0.2, -0.15) is 4.98 Å². The third-order valence-electron chi connectivity index (χ3n) is 5.42. The van der Waals surface area contributed by atoms with E-state index in [0.717, 1.165) is 17.0 Å². The number of methoxy groups -OCH3 is 1. The van der Waals surface area contributed by atoms with Crippen molar-refractivity contribution in [2.45, 2.75) is 6.42 Å². The van der Waals surface area contributed by atoms with Crippen molar-refractivity contribution in [3.63, 3.8) is 0 Å². The zero-order chi connectivity index (χ0) is 26.2. The van der Waals surface area contributed by atoms with E-state index in [1.165, 1.54) is 6.08 Å². The summed E-state index contributed by atoms with van der Waals surface area (Å²) < 4.78 is 10.6. The first-order valence-corrected chi connectivity index (χ1v) is 11.8. The third kappa shape index (κ3) is 6.90. The molecule has 0 fully saturated rings. The molecular weight excluding hydrogens is 472 g/mol. The molecule has 192 valence electrons. The van der Waals surface area contributed by atoms with Crippen molar-refractivity contribution in [2.75, 3.05) is 56.5 Å². The van der Waals surface area contributed by atoms with Crippen molar-refractivity contribution >= 4 is 40.6 Å². The molecule has 4 rings (SSSR count). The first kappa shape index (κ1) is 25.8. The van der Waals surface area contributed by atoms with Gasteiger partial charge >= 0.3 is 0 Å². The first-order valence-electron chi connectivity index (χ1n) is 11.8. The number of carbonyl (C=O) groups excluding carboxylic acids is 2. The number of amides is 2. The Morgan fingerprint density at radius 1 is 1.14 bits per heavy atom. The van der Waals surface area contributed by atoms with Crippen molar-refractivity contribution in [3.8, 4) is 5.75 Å². The van der Waals surface area contributed by atoms with Crippen LogP contribution in [0.3, 0.4) is 0 Å². The summed E-state index contributed by atoms with van der Waals surface area (Å²) in [7, 11) is 5.48. The van der Waals surface area contributed by atoms with E-state index in [0.29, 0.717) is 42.9 Å². The molecule has 3 aromatic rings. The standard InChI is InChI=1S/C27H30N6O4/c1-32(2)13-5-8-24(34)29-21-6-4-7-22(17-21)33-25(35)16-19-18-28-27(31-26(19)33)30-20-9-11-23(12-10-20)37-15-14-36-3/h4-12,17-18H,13-16H2,1-3H3,(H,29,34)(H,28,30,31)/b8-5+. The van der Waals surface area contributed by atoms with Crippen molar-refractivity contribution in [3.05, 3.63) is 72.4 Å². The molecule has 1 aliphatic rings. The van der Waals surface area contributed by atoms with Gasteiger partial charge < -0.3 is 25.0 Å². The zero-order valence-corrected chi connectivity index (χ0v) is 21.1. The topological polar surface area (TPSA) is 109 Å². The van der Waals surface area contributed by atoms with Crippen molar-refractivity contribution in [1.29, 1.82) is 0 Å². The predicted octanol–water partition coefficient (Wildman–Crippen LogP) is 3.52. The highest BCUT2D eigenvalue weighted by molar-refractivity contribution is 6.07. The van der Waals surface area contributed by atoms with E-state index in [9.17, 15) is 9.59 Å². The summed E-state index contributed by atoms with van der Waals surface area (Å²) in [5.41, 5.74) is 2.71. The van der Waals surface area contributed by atoms with Crippen LogP contribution in [0.25, 0.3) is 0 Å². The van der Waals surface area contributed by atoms with E-state index in [1.807, 2.05) is 49.3 Å². The summed E-state index contributed by atoms with van der Waals surface area (Å²) in [6, 6.07) is 14.5. The van der Waals surface area contributed by atoms with Crippen LogP contribution in [-0.4, -0.2) is 67.6 Å². The van der Waals surface area contributed by atoms with Crippen LogP contribution in [0.5, 0.6) is 5.75 Å². The number of anilines is 5. The molecule has 10 nitrogen and oxygen atoms in total. The zero-order valence-electron chi connectivity index (χ0n) is 21.1. The Hall–Kier alpha value is -4.28. The number of hydrogen-bond donors (Lipinski definition) is 2. The summed E-state index contributed by atoms with van der Waals surface area (Å²) in [5, 5.41) is 6.01. The minimum absolute atomic E-state index is 0.117. The minimum Gasteiger partial charge on any atom is -0.491 e. The molecule has 0 saturated heterocycles. The number of carbonyl (C=O) groups is 2. The molecule has 2 N–H and O–H groups in total. The Morgan fingerprint density at radius 2 is 1.95 bits per heavy atom. The van der Waals surface area contributed by atoms with E-state index in [-0.39, 0.29) is 18.2 Å². The van der Waals surface area contributed by atoms with Gasteiger partial charge in [0, 0.05) is 42.9 Å². The molecule has 2 amide bonds. The summed E-state index contributed by atoms with van der Waals surface area (Å²) in [6.07, 6.45) is 5.14. The summed E-state index contributed by atoms with van der Waals surface area (Å²) in [6.45, 7) is 1.65. The monoisotopic (exact) mass is 502 g/mol. The van der Waals surface area contributed by atoms with Gasteiger partial charge in [-0.1, -0.05) is 12.1 Å². The SMILES string of the molecule is COCCOc1ccc(Nc2ncc3c(n2)N(c2cccc(NC(=O)/C=C/CN(C)C)c2)C(=O)C3)cc1. The lowest BCUT2D eigenvalue weighted by Crippen LogP contribution is -2.22. The van der Waals surface area contributed by atoms with E-state index < -0.39 is 0 Å². The molecule has 0 spiro atoms. The molecule has 1 aromatic heterocycles. The second-order valence-corrected chi connectivity index (χ2v) is 8.64. The maximum atomic E-state index is 12.9. The number of nitrogens with one attached hydrogen (secondary N) is 2. The molecule has 0 saturated carbocycles. The van der Waals surface area contributed by atoms with Gasteiger partial charge in [0.1, 0.15) is 18.2 Å². The number of nitrogens with zero attached hydrogens (tertiary/aromatic N) is 4. The summed E-state index contributed by atoms with van der Waals surface area (Å²) >= 11 is 0. The number of ether oxygens (including phenoxy) is 2. The Bertz CT molecular complexity index is 1280. The number of hydrogen-bond acceptors (Lipinski definition) is 8. The maximum Gasteiger partial charge on any atom is 0.248 e. The van der Waals surface area contributed by atoms with Crippen LogP contribution < -0.4 is 20.3 Å². The Kier molecular flexibility index (Phi) is 8.44. The molecule has 1 aliphatic heterocycles. The Labute approximate surface area is 215 Å². The normalized spacial score (nSPS) is 12.8. The third-order valence-corrected chi connectivity index (χ3v) is 5.42. The van der Waals surface area contributed by atoms with E-state index in [1.54, 1.807) is 42.5 Å². The van der Waals surface area contributed by atoms with Crippen molar-refractivity contribution in [1.82, 2.24) is 14.9 Å². The smallest absolute Gasteiger partial charge is 0.248 e. The maximum absolute atomic E-state index is 12.9. The lowest BCUT2D eigenvalue weighted by atomic mass is 10.2. The van der Waals surface area contributed by atoms with Crippen LogP contribution in [0.4, 0.5) is 28.8 Å². The molecule has 0 aliphatic carbocycles. The van der Waals surface area contributed by atoms with Crippen LogP contribution >= 0.6 is 0 Å². The van der Waals surface area contributed by atoms with Crippen LogP contribution in [0.2, 0.25) is 0 Å². The highest BCUT2D eigenvalue weighted by atomic mass is 16.5. The molecule has 0 unspecified atom stereocenters. The number of fused-ring (bicyclic) bond motifs is 1. The lowest BCUT2D eigenvalue weighted by molar-refractivity contribution is -0.116. The highest BCUT2D eigenvalue weighted by Gasteiger charge is 2.31. The minimum atomic E-state index is -0.240. The van der Waals surface area contributed by atoms with Gasteiger partial charge in [-0.15, -0.1) is 0 Å². The molecule has 0 atom stereocenters. The van der Waals surface area contributed by atoms with Gasteiger partial charge in [-0.25, -0.2) is 4.98 Å². The van der Waals surface area contributed by atoms with Gasteiger partial charge in [0.2, 0.25) is 17.8 Å². The van der Waals surface area contributed by atoms with Gasteiger partial charge in [-0.3, -0.25) is 14.5 Å². The molecular formula is C27H30N6O4. The van der Waals surface area contributed by atoms with E-state index in [2.05, 4.69) is 20.6 Å². The second kappa shape index (κ2) is 12.1. The van der Waals surface area contributed by atoms with Crippen LogP contribution in [0.15, 0.2) is 66.9 Å². The van der Waals surface area contributed by atoms with E-state index in [4.69, 9.17) is 9.47 Å². The fraction of sp³-hybridized carbons (Fsp3) is 0.259. The predicted molar refractivity (Wildman–Crippen MR) is 143 cm³/mol. The van der Waals surface area contributed by atoms with Gasteiger partial charge in [0.25, 0.3) is 0 Å². The lowest BCUT2D eigenvalue weighted by Gasteiger charge is -2.18. The average molecular weight is 503 g/mol. The Morgan fingerprint density at radius 3 is 2.70 bits per heavy atom. The molecule has 0 bridgehead atoms. The first-order chi connectivity index (χ1) is 17.9. The van der Waals surface area contributed by atoms with E-state index >= 15 is 0 Å². The fourth-order valence-corrected chi connectivity index (χ4v) is 3.69. The van der Waals surface area contributed by atoms with Gasteiger partial charge in [-0.05, 0) is 56.6 Å². The summed E-state index contributed by atoms with van der Waals surface area (Å²) in [5.74, 6) is 1.25. The second-order valence-electron chi connectivity index (χ2n) is 8.64. The number of likely N-dealkylation sites (N-methyl/N-ethyl adjacent to an activating group) is 1. The molecule has 2 heterocycles. The Balaban J connectivity index is 1.48. The molecule has 2 aromatic carbocycles. The van der Waals surface area contributed by atoms with Crippen LogP contribution in [0, 0.1) is 0 Å². The summed E-state index contributed by atoms with van der Waals surface area (Å²) in [4.78, 5) is 37.6. The average Bonchev–Trinajstić information content (AvgIpc) is 3.20. The molecule has 37 heavy (non-hydrogen) atoms. The number of rotatable bonds is 11.